The Morgan fingerprint density at radius 2 is 2.00 bits per heavy atom. The number of nitrogens with one attached hydrogen (secondary N) is 2. The third-order valence-electron chi connectivity index (χ3n) is 2.46. The molecule has 2 N–H and O–H groups in total. The molecule has 0 bridgehead atoms. The third kappa shape index (κ3) is 4.87. The van der Waals surface area contributed by atoms with Crippen LogP contribution < -0.4 is 10.6 Å². The molecule has 19 heavy (non-hydrogen) atoms. The quantitative estimate of drug-likeness (QED) is 0.624. The third-order valence-corrected chi connectivity index (χ3v) is 3.53. The van der Waals surface area contributed by atoms with Gasteiger partial charge in [-0.1, -0.05) is 28.9 Å². The van der Waals surface area contributed by atoms with Gasteiger partial charge in [-0.15, -0.1) is 6.58 Å². The maximum atomic E-state index is 11.7. The van der Waals surface area contributed by atoms with E-state index < -0.39 is 0 Å². The smallest absolute Gasteiger partial charge is 0.251 e. The first-order valence-corrected chi connectivity index (χ1v) is 6.94. The summed E-state index contributed by atoms with van der Waals surface area (Å²) in [4.78, 5) is 23.1. The van der Waals surface area contributed by atoms with Crippen LogP contribution in [-0.2, 0) is 4.79 Å². The molecule has 1 atom stereocenters. The molecular formula is C14H17BrN2O2. The summed E-state index contributed by atoms with van der Waals surface area (Å²) in [6.45, 7) is 5.88. The summed E-state index contributed by atoms with van der Waals surface area (Å²) >= 11 is 3.28. The molecule has 0 radical (unpaired) electrons. The van der Waals surface area contributed by atoms with Gasteiger partial charge in [0.05, 0.1) is 4.83 Å². The molecule has 0 saturated heterocycles. The largest absolute Gasteiger partial charge is 0.349 e. The lowest BCUT2D eigenvalue weighted by molar-refractivity contribution is -0.115. The van der Waals surface area contributed by atoms with Crippen LogP contribution in [0.2, 0.25) is 0 Å². The number of amides is 2. The number of carbonyl (C=O) groups is 2. The van der Waals surface area contributed by atoms with E-state index in [2.05, 4.69) is 33.1 Å². The van der Waals surface area contributed by atoms with E-state index in [-0.39, 0.29) is 16.6 Å². The average Bonchev–Trinajstić information content (AvgIpc) is 2.44. The minimum atomic E-state index is -0.205. The first kappa shape index (κ1) is 15.4. The van der Waals surface area contributed by atoms with Gasteiger partial charge in [-0.2, -0.15) is 0 Å². The number of hydrogen-bond acceptors (Lipinski definition) is 2. The molecule has 1 aromatic rings. The molecule has 4 nitrogen and oxygen atoms in total. The van der Waals surface area contributed by atoms with Crippen LogP contribution in [0.5, 0.6) is 0 Å². The highest BCUT2D eigenvalue weighted by Gasteiger charge is 2.12. The van der Waals surface area contributed by atoms with Crippen LogP contribution in [0.3, 0.4) is 0 Å². The second kappa shape index (κ2) is 7.74. The topological polar surface area (TPSA) is 58.2 Å². The number of carbonyl (C=O) groups excluding carboxylic acids is 2. The molecule has 0 aliphatic heterocycles. The molecule has 0 heterocycles. The Balaban J connectivity index is 2.63. The summed E-state index contributed by atoms with van der Waals surface area (Å²) in [7, 11) is 0. The van der Waals surface area contributed by atoms with Crippen molar-refractivity contribution in [2.45, 2.75) is 18.2 Å². The van der Waals surface area contributed by atoms with E-state index in [1.807, 2.05) is 6.92 Å². The standard InChI is InChI=1S/C14H17BrN2O2/c1-3-9-16-13(18)10-5-7-11(8-6-10)17-14(19)12(15)4-2/h3,5-8,12H,1,4,9H2,2H3,(H,16,18)(H,17,19). The lowest BCUT2D eigenvalue weighted by Crippen LogP contribution is -2.23. The molecule has 0 fully saturated rings. The Bertz CT molecular complexity index is 457. The normalized spacial score (nSPS) is 11.5. The Morgan fingerprint density at radius 1 is 1.37 bits per heavy atom. The molecule has 1 rings (SSSR count). The number of rotatable bonds is 6. The summed E-state index contributed by atoms with van der Waals surface area (Å²) < 4.78 is 0. The van der Waals surface area contributed by atoms with Crippen LogP contribution in [-0.4, -0.2) is 23.2 Å². The lowest BCUT2D eigenvalue weighted by Gasteiger charge is -2.09. The molecule has 1 unspecified atom stereocenters. The van der Waals surface area contributed by atoms with Crippen molar-refractivity contribution in [3.05, 3.63) is 42.5 Å². The first-order chi connectivity index (χ1) is 9.08. The maximum absolute atomic E-state index is 11.7. The number of alkyl halides is 1. The monoisotopic (exact) mass is 324 g/mol. The van der Waals surface area contributed by atoms with Crippen molar-refractivity contribution in [1.82, 2.24) is 5.32 Å². The fourth-order valence-electron chi connectivity index (χ4n) is 1.38. The average molecular weight is 325 g/mol. The molecule has 0 aliphatic carbocycles. The van der Waals surface area contributed by atoms with Gasteiger partial charge < -0.3 is 10.6 Å². The summed E-state index contributed by atoms with van der Waals surface area (Å²) in [5, 5.41) is 5.45. The van der Waals surface area contributed by atoms with Gasteiger partial charge in [0.15, 0.2) is 0 Å². The minimum absolute atomic E-state index is 0.0913. The van der Waals surface area contributed by atoms with Gasteiger partial charge >= 0.3 is 0 Å². The summed E-state index contributed by atoms with van der Waals surface area (Å²) in [6, 6.07) is 6.75. The zero-order chi connectivity index (χ0) is 14.3. The van der Waals surface area contributed by atoms with Crippen LogP contribution in [0.15, 0.2) is 36.9 Å². The van der Waals surface area contributed by atoms with Crippen molar-refractivity contribution in [1.29, 1.82) is 0 Å². The molecule has 5 heteroatoms. The molecule has 1 aromatic carbocycles. The van der Waals surface area contributed by atoms with Crippen LogP contribution in [0.4, 0.5) is 5.69 Å². The summed E-state index contributed by atoms with van der Waals surface area (Å²) in [6.07, 6.45) is 2.33. The molecule has 2 amide bonds. The van der Waals surface area contributed by atoms with Crippen LogP contribution in [0, 0.1) is 0 Å². The highest BCUT2D eigenvalue weighted by atomic mass is 79.9. The van der Waals surface area contributed by atoms with Gasteiger partial charge in [-0.05, 0) is 30.7 Å². The van der Waals surface area contributed by atoms with E-state index in [0.29, 0.717) is 24.2 Å². The van der Waals surface area contributed by atoms with Gasteiger partial charge in [0.1, 0.15) is 0 Å². The van der Waals surface area contributed by atoms with Gasteiger partial charge in [0, 0.05) is 17.8 Å². The molecule has 0 aromatic heterocycles. The molecule has 0 aliphatic rings. The van der Waals surface area contributed by atoms with Crippen molar-refractivity contribution in [2.75, 3.05) is 11.9 Å². The number of hydrogen-bond donors (Lipinski definition) is 2. The van der Waals surface area contributed by atoms with Gasteiger partial charge in [-0.3, -0.25) is 9.59 Å². The van der Waals surface area contributed by atoms with Gasteiger partial charge in [0.25, 0.3) is 5.91 Å². The second-order valence-electron chi connectivity index (χ2n) is 3.94. The van der Waals surface area contributed by atoms with Crippen molar-refractivity contribution >= 4 is 33.4 Å². The van der Waals surface area contributed by atoms with Crippen molar-refractivity contribution in [3.63, 3.8) is 0 Å². The number of anilines is 1. The summed E-state index contributed by atoms with van der Waals surface area (Å²) in [5.74, 6) is -0.254. The Labute approximate surface area is 121 Å². The fraction of sp³-hybridized carbons (Fsp3) is 0.286. The highest BCUT2D eigenvalue weighted by Crippen LogP contribution is 2.12. The molecule has 102 valence electrons. The number of halogens is 1. The van der Waals surface area contributed by atoms with Crippen molar-refractivity contribution in [2.24, 2.45) is 0 Å². The van der Waals surface area contributed by atoms with Crippen LogP contribution in [0.1, 0.15) is 23.7 Å². The fourth-order valence-corrected chi connectivity index (χ4v) is 1.49. The zero-order valence-electron chi connectivity index (χ0n) is 10.8. The van der Waals surface area contributed by atoms with Crippen molar-refractivity contribution in [3.8, 4) is 0 Å². The van der Waals surface area contributed by atoms with Crippen LogP contribution >= 0.6 is 15.9 Å². The lowest BCUT2D eigenvalue weighted by atomic mass is 10.2. The SMILES string of the molecule is C=CCNC(=O)c1ccc(NC(=O)C(Br)CC)cc1. The minimum Gasteiger partial charge on any atom is -0.349 e. The highest BCUT2D eigenvalue weighted by molar-refractivity contribution is 9.10. The maximum Gasteiger partial charge on any atom is 0.251 e. The molecular weight excluding hydrogens is 308 g/mol. The van der Waals surface area contributed by atoms with Gasteiger partial charge in [0.2, 0.25) is 5.91 Å². The molecule has 0 saturated carbocycles. The first-order valence-electron chi connectivity index (χ1n) is 6.02. The predicted molar refractivity (Wildman–Crippen MR) is 80.6 cm³/mol. The van der Waals surface area contributed by atoms with E-state index in [4.69, 9.17) is 0 Å². The van der Waals surface area contributed by atoms with Crippen LogP contribution in [0.25, 0.3) is 0 Å². The van der Waals surface area contributed by atoms with Crippen molar-refractivity contribution < 1.29 is 9.59 Å². The Morgan fingerprint density at radius 3 is 2.53 bits per heavy atom. The van der Waals surface area contributed by atoms with E-state index in [0.717, 1.165) is 0 Å². The Hall–Kier alpha value is -1.62. The van der Waals surface area contributed by atoms with E-state index in [1.165, 1.54) is 0 Å². The number of benzene rings is 1. The summed E-state index contributed by atoms with van der Waals surface area (Å²) in [5.41, 5.74) is 1.22. The zero-order valence-corrected chi connectivity index (χ0v) is 12.4. The molecule has 0 spiro atoms. The van der Waals surface area contributed by atoms with E-state index >= 15 is 0 Å². The van der Waals surface area contributed by atoms with E-state index in [9.17, 15) is 9.59 Å². The van der Waals surface area contributed by atoms with Gasteiger partial charge in [-0.25, -0.2) is 0 Å². The van der Waals surface area contributed by atoms with E-state index in [1.54, 1.807) is 30.3 Å². The second-order valence-corrected chi connectivity index (χ2v) is 5.05. The Kier molecular flexibility index (Phi) is 6.29. The predicted octanol–water partition coefficient (Wildman–Crippen LogP) is 2.71.